The average Bonchev–Trinajstić information content (AvgIpc) is 2.72. The van der Waals surface area contributed by atoms with Crippen LogP contribution in [0.4, 0.5) is 0 Å². The van der Waals surface area contributed by atoms with E-state index in [4.69, 9.17) is 13.9 Å². The van der Waals surface area contributed by atoms with E-state index >= 15 is 0 Å². The Kier molecular flexibility index (Phi) is 11.3. The molecule has 4 unspecified atom stereocenters. The normalized spacial score (nSPS) is 23.1. The minimum Gasteiger partial charge on any atom is -0.466 e. The predicted octanol–water partition coefficient (Wildman–Crippen LogP) is 6.26. The molecule has 0 amide bonds. The van der Waals surface area contributed by atoms with Gasteiger partial charge in [-0.25, -0.2) is 0 Å². The number of rotatable bonds is 12. The Hall–Kier alpha value is -1.63. The van der Waals surface area contributed by atoms with Crippen LogP contribution < -0.4 is 4.74 Å². The van der Waals surface area contributed by atoms with Gasteiger partial charge in [-0.3, -0.25) is 4.79 Å². The van der Waals surface area contributed by atoms with E-state index in [9.17, 15) is 9.90 Å². The second kappa shape index (κ2) is 13.5. The lowest BCUT2D eigenvalue weighted by atomic mass is 9.74. The highest BCUT2D eigenvalue weighted by molar-refractivity contribution is 6.48. The Balaban J connectivity index is 2.02. The first kappa shape index (κ1) is 28.6. The zero-order valence-electron chi connectivity index (χ0n) is 22.1. The summed E-state index contributed by atoms with van der Waals surface area (Å²) in [4.78, 5) is 12.0. The molecule has 1 saturated carbocycles. The number of aliphatic hydroxyl groups is 1. The lowest BCUT2D eigenvalue weighted by Crippen LogP contribution is -2.37. The van der Waals surface area contributed by atoms with Crippen molar-refractivity contribution in [1.82, 2.24) is 0 Å². The Morgan fingerprint density at radius 2 is 1.94 bits per heavy atom. The second-order valence-electron chi connectivity index (χ2n) is 11.0. The van der Waals surface area contributed by atoms with Crippen LogP contribution in [0.1, 0.15) is 72.6 Å². The summed E-state index contributed by atoms with van der Waals surface area (Å²) in [6, 6.07) is 9.89. The van der Waals surface area contributed by atoms with Gasteiger partial charge in [-0.05, 0) is 81.5 Å². The van der Waals surface area contributed by atoms with Crippen LogP contribution in [0.2, 0.25) is 13.1 Å². The van der Waals surface area contributed by atoms with E-state index in [1.54, 1.807) is 6.92 Å². The van der Waals surface area contributed by atoms with Gasteiger partial charge in [0.15, 0.2) is 15.3 Å². The number of hydrogen-bond donors (Lipinski definition) is 1. The molecule has 1 aromatic carbocycles. The largest absolute Gasteiger partial charge is 0.466 e. The molecule has 0 aliphatic heterocycles. The molecule has 0 spiro atoms. The van der Waals surface area contributed by atoms with Gasteiger partial charge in [0.1, 0.15) is 5.75 Å². The lowest BCUT2D eigenvalue weighted by molar-refractivity contribution is -0.150. The smallest absolute Gasteiger partial charge is 0.308 e. The quantitative estimate of drug-likeness (QED) is 0.162. The first-order valence-corrected chi connectivity index (χ1v) is 15.7. The molecule has 1 N–H and O–H groups in total. The van der Waals surface area contributed by atoms with Crippen molar-refractivity contribution >= 4 is 15.0 Å². The molecular weight excluding hydrogens is 444 g/mol. The van der Waals surface area contributed by atoms with E-state index in [-0.39, 0.29) is 30.0 Å². The van der Waals surface area contributed by atoms with Crippen molar-refractivity contribution in [1.29, 1.82) is 0 Å². The van der Waals surface area contributed by atoms with Crippen molar-refractivity contribution in [3.8, 4) is 5.75 Å². The van der Waals surface area contributed by atoms with Crippen molar-refractivity contribution in [3.63, 3.8) is 0 Å². The third-order valence-corrected chi connectivity index (χ3v) is 7.36. The average molecular weight is 491 g/mol. The fourth-order valence-corrected chi connectivity index (χ4v) is 5.52. The van der Waals surface area contributed by atoms with Crippen LogP contribution >= 0.6 is 0 Å². The number of para-hydroxylation sites is 1. The summed E-state index contributed by atoms with van der Waals surface area (Å²) in [7, 11) is -1.25. The summed E-state index contributed by atoms with van der Waals surface area (Å²) in [5.74, 6) is 1.16. The van der Waals surface area contributed by atoms with Crippen LogP contribution in [0.3, 0.4) is 0 Å². The van der Waals surface area contributed by atoms with Crippen LogP contribution in [-0.2, 0) is 14.0 Å². The summed E-state index contributed by atoms with van der Waals surface area (Å²) in [5, 5.41) is 11.0. The molecule has 1 aliphatic rings. The van der Waals surface area contributed by atoms with Crippen molar-refractivity contribution in [2.45, 2.75) is 97.6 Å². The van der Waals surface area contributed by atoms with Gasteiger partial charge in [-0.15, -0.1) is 0 Å². The molecule has 34 heavy (non-hydrogen) atoms. The minimum absolute atomic E-state index is 0.0861. The maximum absolute atomic E-state index is 12.0. The van der Waals surface area contributed by atoms with E-state index in [2.05, 4.69) is 46.0 Å². The predicted molar refractivity (Wildman–Crippen MR) is 140 cm³/mol. The number of carbonyl (C=O) groups excluding carboxylic acids is 1. The van der Waals surface area contributed by atoms with Crippen molar-refractivity contribution < 1.29 is 23.8 Å². The molecule has 192 valence electrons. The van der Waals surface area contributed by atoms with Gasteiger partial charge in [0, 0.05) is 6.42 Å². The third kappa shape index (κ3) is 10.3. The fourth-order valence-electron chi connectivity index (χ4n) is 4.72. The monoisotopic (exact) mass is 490 g/mol. The summed E-state index contributed by atoms with van der Waals surface area (Å²) in [6.45, 7) is 13.3. The molecule has 1 aromatic rings. The molecule has 0 bridgehead atoms. The molecule has 5 nitrogen and oxygen atoms in total. The third-order valence-electron chi connectivity index (χ3n) is 6.51. The van der Waals surface area contributed by atoms with E-state index in [1.807, 2.05) is 30.3 Å². The number of carbonyl (C=O) groups is 1. The first-order chi connectivity index (χ1) is 16.0. The van der Waals surface area contributed by atoms with Gasteiger partial charge >= 0.3 is 5.97 Å². The number of ether oxygens (including phenoxy) is 2. The number of allylic oxidation sites excluding steroid dienone is 2. The minimum atomic E-state index is -1.25. The maximum atomic E-state index is 12.0. The van der Waals surface area contributed by atoms with Gasteiger partial charge in [-0.1, -0.05) is 51.1 Å². The Bertz CT molecular complexity index is 758. The zero-order chi connectivity index (χ0) is 25.2. The molecular formula is C28H46O5Si. The number of esters is 1. The SMILES string of the molecule is CCOC(=O)CC1(O)CCCC(C=CC(CCC(Oc2ccccc2)O[SiH](C)C)C(C)(C)C)C1. The van der Waals surface area contributed by atoms with Crippen LogP contribution in [0.15, 0.2) is 42.5 Å². The molecule has 0 heterocycles. The summed E-state index contributed by atoms with van der Waals surface area (Å²) in [5.41, 5.74) is -0.861. The highest BCUT2D eigenvalue weighted by Gasteiger charge is 2.36. The van der Waals surface area contributed by atoms with E-state index in [0.717, 1.165) is 31.4 Å². The Morgan fingerprint density at radius 1 is 1.24 bits per heavy atom. The Morgan fingerprint density at radius 3 is 2.56 bits per heavy atom. The van der Waals surface area contributed by atoms with Gasteiger partial charge in [0.05, 0.1) is 18.6 Å². The molecule has 1 fully saturated rings. The van der Waals surface area contributed by atoms with Crippen LogP contribution in [0.25, 0.3) is 0 Å². The van der Waals surface area contributed by atoms with E-state index < -0.39 is 14.6 Å². The standard InChI is InChI=1S/C28H46O5Si/c1-7-31-25(29)21-28(30)19-11-12-22(20-28)15-16-23(27(2,3)4)17-18-26(33-34(5)6)32-24-13-9-8-10-14-24/h8-10,13-16,22-23,26,30,34H,7,11-12,17-21H2,1-6H3. The first-order valence-electron chi connectivity index (χ1n) is 12.9. The van der Waals surface area contributed by atoms with Gasteiger partial charge in [0.2, 0.25) is 0 Å². The lowest BCUT2D eigenvalue weighted by Gasteiger charge is -2.36. The second-order valence-corrected chi connectivity index (χ2v) is 13.4. The highest BCUT2D eigenvalue weighted by Crippen LogP contribution is 2.38. The van der Waals surface area contributed by atoms with Crippen molar-refractivity contribution in [3.05, 3.63) is 42.5 Å². The number of hydrogen-bond acceptors (Lipinski definition) is 5. The van der Waals surface area contributed by atoms with Gasteiger partial charge in [-0.2, -0.15) is 0 Å². The van der Waals surface area contributed by atoms with Crippen LogP contribution in [-0.4, -0.2) is 38.6 Å². The highest BCUT2D eigenvalue weighted by atomic mass is 28.3. The summed E-state index contributed by atoms with van der Waals surface area (Å²) >= 11 is 0. The molecule has 0 aromatic heterocycles. The molecule has 1 aliphatic carbocycles. The molecule has 6 heteroatoms. The van der Waals surface area contributed by atoms with E-state index in [1.165, 1.54) is 0 Å². The molecule has 0 radical (unpaired) electrons. The van der Waals surface area contributed by atoms with Gasteiger partial charge < -0.3 is 19.0 Å². The number of benzene rings is 1. The topological polar surface area (TPSA) is 65.0 Å². The van der Waals surface area contributed by atoms with Crippen LogP contribution in [0.5, 0.6) is 5.75 Å². The maximum Gasteiger partial charge on any atom is 0.308 e. The van der Waals surface area contributed by atoms with Crippen LogP contribution in [0, 0.1) is 17.3 Å². The summed E-state index contributed by atoms with van der Waals surface area (Å²) in [6.07, 6.45) is 9.46. The molecule has 0 saturated heterocycles. The summed E-state index contributed by atoms with van der Waals surface area (Å²) < 4.78 is 17.5. The Labute approximate surface area is 208 Å². The van der Waals surface area contributed by atoms with E-state index in [0.29, 0.717) is 25.4 Å². The molecule has 4 atom stereocenters. The zero-order valence-corrected chi connectivity index (χ0v) is 23.2. The van der Waals surface area contributed by atoms with Crippen molar-refractivity contribution in [2.75, 3.05) is 6.61 Å². The fraction of sp³-hybridized carbons (Fsp3) is 0.679. The molecule has 2 rings (SSSR count). The van der Waals surface area contributed by atoms with Crippen molar-refractivity contribution in [2.24, 2.45) is 17.3 Å². The van der Waals surface area contributed by atoms with Gasteiger partial charge in [0.25, 0.3) is 0 Å².